The molecule has 0 aliphatic carbocycles. The molecule has 0 aliphatic rings. The molecule has 4 atom stereocenters. The van der Waals surface area contributed by atoms with Crippen molar-refractivity contribution in [3.8, 4) is 0 Å². The highest BCUT2D eigenvalue weighted by molar-refractivity contribution is 6.27. The lowest BCUT2D eigenvalue weighted by Crippen LogP contribution is -2.39. The molecule has 7 nitrogen and oxygen atoms in total. The minimum absolute atomic E-state index is 0.112. The van der Waals surface area contributed by atoms with Crippen LogP contribution < -0.4 is 5.32 Å². The number of ether oxygens (including phenoxy) is 5. The molecule has 1 amide bonds. The van der Waals surface area contributed by atoms with E-state index in [1.807, 2.05) is 6.92 Å². The molecular formula is C14H28ClNO6. The largest absolute Gasteiger partial charge is 0.379 e. The van der Waals surface area contributed by atoms with Gasteiger partial charge in [0.05, 0.1) is 13.2 Å². The average molecular weight is 342 g/mol. The van der Waals surface area contributed by atoms with Crippen LogP contribution in [0.2, 0.25) is 0 Å². The van der Waals surface area contributed by atoms with Crippen LogP contribution in [-0.2, 0) is 28.5 Å². The lowest BCUT2D eigenvalue weighted by atomic mass is 10.5. The topological polar surface area (TPSA) is 75.2 Å². The van der Waals surface area contributed by atoms with Crippen molar-refractivity contribution in [2.45, 2.75) is 59.7 Å². The molecule has 132 valence electrons. The fourth-order valence-electron chi connectivity index (χ4n) is 1.65. The summed E-state index contributed by atoms with van der Waals surface area (Å²) in [5.74, 6) is -0.416. The Morgan fingerprint density at radius 1 is 1.00 bits per heavy atom. The first-order valence-corrected chi connectivity index (χ1v) is 7.93. The molecule has 0 aromatic heterocycles. The van der Waals surface area contributed by atoms with Gasteiger partial charge >= 0.3 is 0 Å². The van der Waals surface area contributed by atoms with E-state index < -0.39 is 25.1 Å². The number of nitrogens with one attached hydrogen (secondary N) is 1. The van der Waals surface area contributed by atoms with E-state index in [4.69, 9.17) is 35.3 Å². The maximum atomic E-state index is 11.1. The number of hydrogen-bond acceptors (Lipinski definition) is 6. The van der Waals surface area contributed by atoms with E-state index in [1.165, 1.54) is 0 Å². The van der Waals surface area contributed by atoms with E-state index in [1.54, 1.807) is 27.7 Å². The van der Waals surface area contributed by atoms with E-state index >= 15 is 0 Å². The minimum atomic E-state index is -0.559. The Bertz CT molecular complexity index is 295. The van der Waals surface area contributed by atoms with Crippen LogP contribution in [0.5, 0.6) is 0 Å². The number of halogens is 1. The first kappa shape index (κ1) is 21.6. The SMILES string of the molecule is CCOCCOC(C)OC(C)OC(C)OC(C)NC(=O)CCl. The Labute approximate surface area is 137 Å². The van der Waals surface area contributed by atoms with Crippen molar-refractivity contribution in [1.82, 2.24) is 5.32 Å². The van der Waals surface area contributed by atoms with Gasteiger partial charge < -0.3 is 29.0 Å². The van der Waals surface area contributed by atoms with Crippen LogP contribution in [0.1, 0.15) is 34.6 Å². The van der Waals surface area contributed by atoms with Gasteiger partial charge in [-0.2, -0.15) is 0 Å². The molecule has 0 rings (SSSR count). The predicted octanol–water partition coefficient (Wildman–Crippen LogP) is 1.83. The van der Waals surface area contributed by atoms with Crippen LogP contribution >= 0.6 is 11.6 Å². The van der Waals surface area contributed by atoms with Crippen molar-refractivity contribution in [2.75, 3.05) is 25.7 Å². The molecule has 0 radical (unpaired) electrons. The fraction of sp³-hybridized carbons (Fsp3) is 0.929. The highest BCUT2D eigenvalue weighted by Crippen LogP contribution is 2.07. The van der Waals surface area contributed by atoms with Crippen LogP contribution in [0.15, 0.2) is 0 Å². The van der Waals surface area contributed by atoms with Gasteiger partial charge in [-0.25, -0.2) is 0 Å². The number of carbonyl (C=O) groups excluding carboxylic acids is 1. The van der Waals surface area contributed by atoms with Crippen LogP contribution in [0.3, 0.4) is 0 Å². The summed E-state index contributed by atoms with van der Waals surface area (Å²) in [5, 5.41) is 2.56. The zero-order valence-corrected chi connectivity index (χ0v) is 14.7. The first-order chi connectivity index (χ1) is 10.4. The number of amides is 1. The lowest BCUT2D eigenvalue weighted by molar-refractivity contribution is -0.287. The summed E-state index contributed by atoms with van der Waals surface area (Å²) in [6, 6.07) is 0. The molecule has 0 fully saturated rings. The molecule has 0 aromatic rings. The van der Waals surface area contributed by atoms with E-state index in [9.17, 15) is 4.79 Å². The Hall–Kier alpha value is -0.440. The summed E-state index contributed by atoms with van der Waals surface area (Å²) in [6.07, 6.45) is -2.01. The smallest absolute Gasteiger partial charge is 0.236 e. The predicted molar refractivity (Wildman–Crippen MR) is 82.4 cm³/mol. The van der Waals surface area contributed by atoms with Gasteiger partial charge in [-0.1, -0.05) is 0 Å². The number of rotatable bonds is 13. The van der Waals surface area contributed by atoms with Gasteiger partial charge in [-0.15, -0.1) is 11.6 Å². The zero-order valence-electron chi connectivity index (χ0n) is 14.0. The number of hydrogen-bond donors (Lipinski definition) is 1. The van der Waals surface area contributed by atoms with Gasteiger partial charge in [0.15, 0.2) is 18.9 Å². The molecule has 0 aromatic carbocycles. The number of alkyl halides is 1. The van der Waals surface area contributed by atoms with Gasteiger partial charge in [0.2, 0.25) is 5.91 Å². The van der Waals surface area contributed by atoms with Crippen LogP contribution in [0, 0.1) is 0 Å². The highest BCUT2D eigenvalue weighted by Gasteiger charge is 2.16. The van der Waals surface area contributed by atoms with Gasteiger partial charge in [0.1, 0.15) is 12.1 Å². The van der Waals surface area contributed by atoms with Crippen molar-refractivity contribution in [1.29, 1.82) is 0 Å². The normalized spacial score (nSPS) is 16.8. The third kappa shape index (κ3) is 12.1. The first-order valence-electron chi connectivity index (χ1n) is 7.40. The van der Waals surface area contributed by atoms with Crippen molar-refractivity contribution in [3.63, 3.8) is 0 Å². The standard InChI is InChI=1S/C14H28ClNO6/c1-6-18-7-8-19-11(3)21-13(5)22-12(4)20-10(2)16-14(17)9-15/h10-13H,6-9H2,1-5H3,(H,16,17). The van der Waals surface area contributed by atoms with E-state index in [2.05, 4.69) is 5.32 Å². The van der Waals surface area contributed by atoms with Crippen LogP contribution in [0.4, 0.5) is 0 Å². The van der Waals surface area contributed by atoms with Crippen LogP contribution in [-0.4, -0.2) is 56.7 Å². The Morgan fingerprint density at radius 3 is 2.18 bits per heavy atom. The highest BCUT2D eigenvalue weighted by atomic mass is 35.5. The van der Waals surface area contributed by atoms with Gasteiger partial charge in [0, 0.05) is 6.61 Å². The maximum absolute atomic E-state index is 11.1. The molecule has 0 bridgehead atoms. The van der Waals surface area contributed by atoms with Gasteiger partial charge in [0.25, 0.3) is 0 Å². The quantitative estimate of drug-likeness (QED) is 0.313. The third-order valence-corrected chi connectivity index (χ3v) is 2.68. The molecule has 1 N–H and O–H groups in total. The lowest BCUT2D eigenvalue weighted by Gasteiger charge is -2.25. The van der Waals surface area contributed by atoms with E-state index in [0.717, 1.165) is 0 Å². The summed E-state index contributed by atoms with van der Waals surface area (Å²) < 4.78 is 27.0. The summed E-state index contributed by atoms with van der Waals surface area (Å²) in [4.78, 5) is 11.1. The summed E-state index contributed by atoms with van der Waals surface area (Å²) in [6.45, 7) is 10.5. The van der Waals surface area contributed by atoms with Crippen LogP contribution in [0.25, 0.3) is 0 Å². The molecular weight excluding hydrogens is 314 g/mol. The fourth-order valence-corrected chi connectivity index (χ4v) is 1.72. The Balaban J connectivity index is 3.84. The average Bonchev–Trinajstić information content (AvgIpc) is 2.42. The molecule has 22 heavy (non-hydrogen) atoms. The van der Waals surface area contributed by atoms with Gasteiger partial charge in [-0.3, -0.25) is 4.79 Å². The molecule has 0 saturated heterocycles. The summed E-state index contributed by atoms with van der Waals surface area (Å²) >= 11 is 5.39. The number of carbonyl (C=O) groups is 1. The molecule has 0 spiro atoms. The van der Waals surface area contributed by atoms with Gasteiger partial charge in [-0.05, 0) is 34.6 Å². The third-order valence-electron chi connectivity index (χ3n) is 2.43. The maximum Gasteiger partial charge on any atom is 0.236 e. The van der Waals surface area contributed by atoms with E-state index in [0.29, 0.717) is 19.8 Å². The van der Waals surface area contributed by atoms with E-state index in [-0.39, 0.29) is 11.8 Å². The minimum Gasteiger partial charge on any atom is -0.379 e. The zero-order chi connectivity index (χ0) is 17.0. The second-order valence-electron chi connectivity index (χ2n) is 4.52. The molecule has 8 heteroatoms. The van der Waals surface area contributed by atoms with Crippen molar-refractivity contribution < 1.29 is 28.5 Å². The Kier molecular flexibility index (Phi) is 12.8. The Morgan fingerprint density at radius 2 is 1.59 bits per heavy atom. The summed E-state index contributed by atoms with van der Waals surface area (Å²) in [5.41, 5.74) is 0. The molecule has 0 saturated carbocycles. The molecule has 0 heterocycles. The van der Waals surface area contributed by atoms with Crippen molar-refractivity contribution >= 4 is 17.5 Å². The second-order valence-corrected chi connectivity index (χ2v) is 4.79. The second kappa shape index (κ2) is 13.0. The van der Waals surface area contributed by atoms with Crippen molar-refractivity contribution in [2.24, 2.45) is 0 Å². The monoisotopic (exact) mass is 341 g/mol. The summed E-state index contributed by atoms with van der Waals surface area (Å²) in [7, 11) is 0. The molecule has 0 aliphatic heterocycles. The molecule has 4 unspecified atom stereocenters. The van der Waals surface area contributed by atoms with Crippen molar-refractivity contribution in [3.05, 3.63) is 0 Å².